The van der Waals surface area contributed by atoms with Crippen LogP contribution in [0.5, 0.6) is 0 Å². The largest absolute Gasteiger partial charge is 0.465 e. The van der Waals surface area contributed by atoms with E-state index in [1.165, 1.54) is 4.90 Å². The summed E-state index contributed by atoms with van der Waals surface area (Å²) in [5.41, 5.74) is 1.08. The van der Waals surface area contributed by atoms with Crippen molar-refractivity contribution < 1.29 is 29.0 Å². The Bertz CT molecular complexity index is 1390. The van der Waals surface area contributed by atoms with Crippen molar-refractivity contribution in [1.29, 1.82) is 0 Å². The van der Waals surface area contributed by atoms with Crippen LogP contribution in [-0.2, 0) is 23.9 Å². The number of esters is 1. The highest BCUT2D eigenvalue weighted by Crippen LogP contribution is 2.65. The molecule has 6 atom stereocenters. The van der Waals surface area contributed by atoms with Gasteiger partial charge in [-0.05, 0) is 56.2 Å². The number of amides is 2. The van der Waals surface area contributed by atoms with E-state index in [-0.39, 0.29) is 25.0 Å². The van der Waals surface area contributed by atoms with Gasteiger partial charge in [-0.25, -0.2) is 0 Å². The van der Waals surface area contributed by atoms with Gasteiger partial charge >= 0.3 is 5.97 Å². The third-order valence-electron chi connectivity index (χ3n) is 9.65. The minimum atomic E-state index is -1.26. The van der Waals surface area contributed by atoms with Gasteiger partial charge in [0, 0.05) is 12.2 Å². The Morgan fingerprint density at radius 2 is 1.81 bits per heavy atom. The Labute approximate surface area is 254 Å². The maximum Gasteiger partial charge on any atom is 0.312 e. The fourth-order valence-electron chi connectivity index (χ4n) is 7.79. The standard InChI is InChI=1S/C35H42N2O6/c1-6-9-21-42-33(41)28-27-31(39)37(26(22-38)25-16-11-10-12-17-25)30(35(27)19-18-34(28,8-3)43-35)32(40)36(20-7-2)29-23(4)14-13-15-24(29)5/h6-7,10-17,26-28,30,38H,1-2,8-9,18-22H2,3-5H3/t26-,27+,28-,30?,34+,35?/m1/s1. The number of para-hydroxylation sites is 1. The van der Waals surface area contributed by atoms with Gasteiger partial charge in [-0.2, -0.15) is 0 Å². The number of aliphatic hydroxyl groups is 1. The van der Waals surface area contributed by atoms with Crippen molar-refractivity contribution >= 4 is 23.5 Å². The van der Waals surface area contributed by atoms with Crippen LogP contribution in [0.25, 0.3) is 0 Å². The highest BCUT2D eigenvalue weighted by Gasteiger charge is 2.79. The number of fused-ring (bicyclic) bond motifs is 1. The molecule has 3 heterocycles. The zero-order valence-electron chi connectivity index (χ0n) is 25.3. The summed E-state index contributed by atoms with van der Waals surface area (Å²) in [4.78, 5) is 46.7. The zero-order chi connectivity index (χ0) is 30.9. The summed E-state index contributed by atoms with van der Waals surface area (Å²) in [6.45, 7) is 13.4. The van der Waals surface area contributed by atoms with Crippen molar-refractivity contribution in [3.05, 3.63) is 90.5 Å². The molecule has 8 heteroatoms. The Balaban J connectivity index is 1.68. The van der Waals surface area contributed by atoms with Crippen molar-refractivity contribution in [3.8, 4) is 0 Å². The number of nitrogens with zero attached hydrogens (tertiary/aromatic N) is 2. The predicted octanol–water partition coefficient (Wildman–Crippen LogP) is 4.83. The number of rotatable bonds is 12. The highest BCUT2D eigenvalue weighted by molar-refractivity contribution is 6.05. The maximum absolute atomic E-state index is 15.0. The van der Waals surface area contributed by atoms with Gasteiger partial charge < -0.3 is 24.4 Å². The molecule has 0 aromatic heterocycles. The van der Waals surface area contributed by atoms with E-state index in [0.29, 0.717) is 31.2 Å². The lowest BCUT2D eigenvalue weighted by molar-refractivity contribution is -0.162. The van der Waals surface area contributed by atoms with E-state index in [0.717, 1.165) is 16.8 Å². The van der Waals surface area contributed by atoms with Crippen LogP contribution < -0.4 is 4.90 Å². The lowest BCUT2D eigenvalue weighted by Crippen LogP contribution is -2.57. The molecular formula is C35H42N2O6. The average Bonchev–Trinajstić information content (AvgIpc) is 3.61. The molecule has 3 aliphatic rings. The van der Waals surface area contributed by atoms with Gasteiger partial charge in [0.05, 0.1) is 30.8 Å². The van der Waals surface area contributed by atoms with E-state index < -0.39 is 47.7 Å². The molecule has 43 heavy (non-hydrogen) atoms. The summed E-state index contributed by atoms with van der Waals surface area (Å²) in [5.74, 6) is -2.98. The number of benzene rings is 2. The van der Waals surface area contributed by atoms with E-state index >= 15 is 4.79 Å². The quantitative estimate of drug-likeness (QED) is 0.218. The topological polar surface area (TPSA) is 96.4 Å². The molecule has 3 aliphatic heterocycles. The molecule has 0 saturated carbocycles. The number of aryl methyl sites for hydroxylation is 2. The third-order valence-corrected chi connectivity index (χ3v) is 9.65. The smallest absolute Gasteiger partial charge is 0.312 e. The second-order valence-corrected chi connectivity index (χ2v) is 11.9. The normalized spacial score (nSPS) is 28.0. The van der Waals surface area contributed by atoms with E-state index in [1.54, 1.807) is 17.1 Å². The summed E-state index contributed by atoms with van der Waals surface area (Å²) in [6.07, 6.45) is 5.28. The van der Waals surface area contributed by atoms with Gasteiger partial charge in [-0.15, -0.1) is 13.2 Å². The minimum Gasteiger partial charge on any atom is -0.465 e. The van der Waals surface area contributed by atoms with Crippen LogP contribution in [0.4, 0.5) is 5.69 Å². The van der Waals surface area contributed by atoms with Gasteiger partial charge in [-0.1, -0.05) is 67.6 Å². The van der Waals surface area contributed by atoms with Gasteiger partial charge in [0.1, 0.15) is 17.6 Å². The molecular weight excluding hydrogens is 544 g/mol. The number of anilines is 1. The maximum atomic E-state index is 15.0. The van der Waals surface area contributed by atoms with Crippen molar-refractivity contribution in [2.24, 2.45) is 11.8 Å². The lowest BCUT2D eigenvalue weighted by Gasteiger charge is -2.40. The molecule has 0 radical (unpaired) electrons. The molecule has 2 bridgehead atoms. The Morgan fingerprint density at radius 1 is 1.12 bits per heavy atom. The van der Waals surface area contributed by atoms with E-state index in [1.807, 2.05) is 69.3 Å². The molecule has 228 valence electrons. The Hall–Kier alpha value is -3.75. The van der Waals surface area contributed by atoms with Crippen LogP contribution in [0.1, 0.15) is 55.3 Å². The first-order chi connectivity index (χ1) is 20.7. The fraction of sp³-hybridized carbons (Fsp3) is 0.457. The number of carbonyl (C=O) groups excluding carboxylic acids is 3. The molecule has 8 nitrogen and oxygen atoms in total. The third kappa shape index (κ3) is 4.81. The first-order valence-electron chi connectivity index (χ1n) is 15.2. The first kappa shape index (κ1) is 30.7. The Morgan fingerprint density at radius 3 is 2.42 bits per heavy atom. The molecule has 1 N–H and O–H groups in total. The zero-order valence-corrected chi connectivity index (χ0v) is 25.3. The first-order valence-corrected chi connectivity index (χ1v) is 15.2. The van der Waals surface area contributed by atoms with E-state index in [2.05, 4.69) is 13.2 Å². The molecule has 5 rings (SSSR count). The molecule has 3 saturated heterocycles. The average molecular weight is 587 g/mol. The molecule has 0 aliphatic carbocycles. The van der Waals surface area contributed by atoms with Crippen LogP contribution in [0.15, 0.2) is 73.8 Å². The minimum absolute atomic E-state index is 0.154. The van der Waals surface area contributed by atoms with Crippen LogP contribution in [0.2, 0.25) is 0 Å². The summed E-state index contributed by atoms with van der Waals surface area (Å²) in [6, 6.07) is 13.1. The van der Waals surface area contributed by atoms with E-state index in [9.17, 15) is 14.7 Å². The van der Waals surface area contributed by atoms with Crippen molar-refractivity contribution in [2.75, 3.05) is 24.7 Å². The van der Waals surface area contributed by atoms with Gasteiger partial charge in [0.25, 0.3) is 5.91 Å². The number of hydrogen-bond donors (Lipinski definition) is 1. The van der Waals surface area contributed by atoms with Crippen molar-refractivity contribution in [2.45, 2.75) is 69.7 Å². The summed E-state index contributed by atoms with van der Waals surface area (Å²) < 4.78 is 12.6. The Kier molecular flexibility index (Phi) is 8.63. The summed E-state index contributed by atoms with van der Waals surface area (Å²) >= 11 is 0. The number of likely N-dealkylation sites (tertiary alicyclic amines) is 1. The molecule has 2 amide bonds. The van der Waals surface area contributed by atoms with Gasteiger partial charge in [-0.3, -0.25) is 14.4 Å². The van der Waals surface area contributed by atoms with Gasteiger partial charge in [0.15, 0.2) is 0 Å². The van der Waals surface area contributed by atoms with Crippen molar-refractivity contribution in [1.82, 2.24) is 4.90 Å². The lowest BCUT2D eigenvalue weighted by atomic mass is 9.65. The fourth-order valence-corrected chi connectivity index (χ4v) is 7.79. The van der Waals surface area contributed by atoms with Crippen LogP contribution in [-0.4, -0.2) is 64.8 Å². The molecule has 2 aromatic rings. The highest BCUT2D eigenvalue weighted by atomic mass is 16.6. The molecule has 1 spiro atoms. The number of ether oxygens (including phenoxy) is 2. The van der Waals surface area contributed by atoms with Crippen LogP contribution in [0.3, 0.4) is 0 Å². The van der Waals surface area contributed by atoms with Gasteiger partial charge in [0.2, 0.25) is 5.91 Å². The number of carbonyl (C=O) groups is 3. The second-order valence-electron chi connectivity index (χ2n) is 11.9. The summed E-state index contributed by atoms with van der Waals surface area (Å²) in [5, 5.41) is 10.8. The second kappa shape index (κ2) is 12.1. The molecule has 2 aromatic carbocycles. The summed E-state index contributed by atoms with van der Waals surface area (Å²) in [7, 11) is 0. The van der Waals surface area contributed by atoms with E-state index in [4.69, 9.17) is 9.47 Å². The molecule has 2 unspecified atom stereocenters. The monoisotopic (exact) mass is 586 g/mol. The van der Waals surface area contributed by atoms with Crippen LogP contribution >= 0.6 is 0 Å². The van der Waals surface area contributed by atoms with Crippen LogP contribution in [0, 0.1) is 25.7 Å². The SMILES string of the molecule is C=CCCOC(=O)[C@H]1[C@H]2C(=O)N([C@H](CO)c3ccccc3)C(C(=O)N(CC=C)c3c(C)cccc3C)C23CC[C@]1(CC)O3. The number of hydrogen-bond acceptors (Lipinski definition) is 6. The molecule has 3 fully saturated rings. The predicted molar refractivity (Wildman–Crippen MR) is 164 cm³/mol. The van der Waals surface area contributed by atoms with Crippen molar-refractivity contribution in [3.63, 3.8) is 0 Å². The number of aliphatic hydroxyl groups excluding tert-OH is 1.